The lowest BCUT2D eigenvalue weighted by Crippen LogP contribution is -2.41. The summed E-state index contributed by atoms with van der Waals surface area (Å²) >= 11 is 1.14. The van der Waals surface area contributed by atoms with Crippen LogP contribution < -0.4 is 29.3 Å². The van der Waals surface area contributed by atoms with Gasteiger partial charge in [-0.2, -0.15) is 0 Å². The van der Waals surface area contributed by atoms with Crippen LogP contribution in [0.1, 0.15) is 37.9 Å². The number of allylic oxidation sites excluding steroid dienone is 1. The Labute approximate surface area is 222 Å². The van der Waals surface area contributed by atoms with Crippen LogP contribution in [0, 0.1) is 0 Å². The monoisotopic (exact) mass is 533 g/mol. The smallest absolute Gasteiger partial charge is 0.338 e. The lowest BCUT2D eigenvalue weighted by molar-refractivity contribution is -0.139. The van der Waals surface area contributed by atoms with Crippen molar-refractivity contribution < 1.29 is 23.8 Å². The summed E-state index contributed by atoms with van der Waals surface area (Å²) in [5.41, 5.74) is 2.71. The summed E-state index contributed by atoms with van der Waals surface area (Å²) in [7, 11) is 3.05. The number of fused-ring (bicyclic) bond motifs is 2. The third-order valence-corrected chi connectivity index (χ3v) is 7.74. The van der Waals surface area contributed by atoms with Crippen LogP contribution in [0.2, 0.25) is 0 Å². The van der Waals surface area contributed by atoms with Crippen LogP contribution in [-0.4, -0.2) is 43.8 Å². The van der Waals surface area contributed by atoms with Crippen molar-refractivity contribution in [2.45, 2.75) is 26.8 Å². The summed E-state index contributed by atoms with van der Waals surface area (Å²) in [6.45, 7) is 5.97. The minimum Gasteiger partial charge on any atom is -0.493 e. The van der Waals surface area contributed by atoms with Crippen molar-refractivity contribution in [3.63, 3.8) is 0 Å². The van der Waals surface area contributed by atoms with Gasteiger partial charge in [-0.05, 0) is 44.5 Å². The first-order valence-corrected chi connectivity index (χ1v) is 13.0. The average Bonchev–Trinajstić information content (AvgIpc) is 3.39. The Kier molecular flexibility index (Phi) is 6.66. The number of para-hydroxylation sites is 1. The average molecular weight is 534 g/mol. The minimum absolute atomic E-state index is 0.168. The van der Waals surface area contributed by atoms with Crippen molar-refractivity contribution in [3.05, 3.63) is 84.5 Å². The second-order valence-corrected chi connectivity index (χ2v) is 9.66. The van der Waals surface area contributed by atoms with E-state index in [4.69, 9.17) is 14.2 Å². The maximum atomic E-state index is 14.1. The van der Waals surface area contributed by atoms with Crippen LogP contribution >= 0.6 is 11.3 Å². The number of benzene rings is 2. The molecular formula is C28H27N3O6S. The van der Waals surface area contributed by atoms with Gasteiger partial charge >= 0.3 is 5.97 Å². The normalized spacial score (nSPS) is 17.7. The van der Waals surface area contributed by atoms with E-state index in [9.17, 15) is 14.4 Å². The number of hydrogen-bond acceptors (Lipinski definition) is 8. The van der Waals surface area contributed by atoms with Gasteiger partial charge in [0.1, 0.15) is 4.53 Å². The zero-order chi connectivity index (χ0) is 27.1. The van der Waals surface area contributed by atoms with Crippen LogP contribution in [-0.2, 0) is 14.3 Å². The molecule has 3 aromatic rings. The number of carbonyl (C=O) groups excluding carboxylic acids is 2. The molecule has 1 aromatic heterocycles. The summed E-state index contributed by atoms with van der Waals surface area (Å²) in [6.07, 6.45) is 0. The third-order valence-electron chi connectivity index (χ3n) is 6.68. The molecule has 38 heavy (non-hydrogen) atoms. The van der Waals surface area contributed by atoms with Crippen molar-refractivity contribution in [1.29, 1.82) is 0 Å². The third kappa shape index (κ3) is 3.83. The van der Waals surface area contributed by atoms with Gasteiger partial charge in [-0.25, -0.2) is 9.79 Å². The molecule has 0 saturated heterocycles. The van der Waals surface area contributed by atoms with Crippen LogP contribution in [0.25, 0.3) is 5.57 Å². The number of thiazole rings is 1. The largest absolute Gasteiger partial charge is 0.493 e. The van der Waals surface area contributed by atoms with Gasteiger partial charge in [0.25, 0.3) is 11.5 Å². The van der Waals surface area contributed by atoms with Crippen LogP contribution in [0.15, 0.2) is 63.5 Å². The Morgan fingerprint density at radius 1 is 1.05 bits per heavy atom. The van der Waals surface area contributed by atoms with Gasteiger partial charge in [-0.15, -0.1) is 0 Å². The zero-order valence-corrected chi connectivity index (χ0v) is 22.5. The van der Waals surface area contributed by atoms with E-state index in [1.807, 2.05) is 31.2 Å². The molecule has 5 rings (SSSR count). The van der Waals surface area contributed by atoms with E-state index in [0.717, 1.165) is 17.0 Å². The first-order valence-electron chi connectivity index (χ1n) is 12.2. The molecular weight excluding hydrogens is 506 g/mol. The Morgan fingerprint density at radius 2 is 1.79 bits per heavy atom. The number of methoxy groups -OCH3 is 2. The van der Waals surface area contributed by atoms with Crippen LogP contribution in [0.3, 0.4) is 0 Å². The molecule has 2 aliphatic heterocycles. The van der Waals surface area contributed by atoms with E-state index in [0.29, 0.717) is 45.2 Å². The van der Waals surface area contributed by atoms with E-state index in [-0.39, 0.29) is 22.6 Å². The highest BCUT2D eigenvalue weighted by Gasteiger charge is 2.37. The molecule has 0 bridgehead atoms. The van der Waals surface area contributed by atoms with Gasteiger partial charge in [0.05, 0.1) is 49.4 Å². The molecule has 3 heterocycles. The quantitative estimate of drug-likeness (QED) is 0.452. The highest BCUT2D eigenvalue weighted by atomic mass is 32.1. The number of anilines is 1. The molecule has 0 spiro atoms. The SMILES string of the molecule is CCOC(=O)C1=C(C)N=c2sc(=C3C(=O)N(CC)c4ccccc43)c(=O)n2C1c1ccc(OC)c(OC)c1. The summed E-state index contributed by atoms with van der Waals surface area (Å²) in [5, 5.41) is 0. The molecule has 0 saturated carbocycles. The molecule has 2 aliphatic rings. The van der Waals surface area contributed by atoms with Gasteiger partial charge in [0.15, 0.2) is 16.3 Å². The fraction of sp³-hybridized carbons (Fsp3) is 0.286. The van der Waals surface area contributed by atoms with E-state index in [2.05, 4.69) is 4.99 Å². The second-order valence-electron chi connectivity index (χ2n) is 8.68. The van der Waals surface area contributed by atoms with Crippen molar-refractivity contribution >= 4 is 34.5 Å². The van der Waals surface area contributed by atoms with Crippen molar-refractivity contribution in [1.82, 2.24) is 4.57 Å². The van der Waals surface area contributed by atoms with E-state index < -0.39 is 17.6 Å². The highest BCUT2D eigenvalue weighted by molar-refractivity contribution is 7.07. The first kappa shape index (κ1) is 25.5. The Balaban J connectivity index is 1.83. The Morgan fingerprint density at radius 3 is 2.47 bits per heavy atom. The van der Waals surface area contributed by atoms with Crippen LogP contribution in [0.5, 0.6) is 11.5 Å². The number of hydrogen-bond donors (Lipinski definition) is 0. The molecule has 1 amide bonds. The number of nitrogens with zero attached hydrogens (tertiary/aromatic N) is 3. The molecule has 0 radical (unpaired) electrons. The van der Waals surface area contributed by atoms with Crippen molar-refractivity contribution in [2.24, 2.45) is 4.99 Å². The topological polar surface area (TPSA) is 99.4 Å². The number of ether oxygens (including phenoxy) is 3. The predicted molar refractivity (Wildman–Crippen MR) is 143 cm³/mol. The van der Waals surface area contributed by atoms with Crippen molar-refractivity contribution in [3.8, 4) is 11.5 Å². The summed E-state index contributed by atoms with van der Waals surface area (Å²) < 4.78 is 18.0. The predicted octanol–water partition coefficient (Wildman–Crippen LogP) is 2.55. The van der Waals surface area contributed by atoms with Gasteiger partial charge in [0, 0.05) is 12.1 Å². The van der Waals surface area contributed by atoms with Crippen LogP contribution in [0.4, 0.5) is 5.69 Å². The molecule has 10 heteroatoms. The second kappa shape index (κ2) is 9.94. The maximum absolute atomic E-state index is 14.1. The van der Waals surface area contributed by atoms with E-state index >= 15 is 0 Å². The summed E-state index contributed by atoms with van der Waals surface area (Å²) in [6, 6.07) is 11.8. The lowest BCUT2D eigenvalue weighted by Gasteiger charge is -2.25. The molecule has 1 atom stereocenters. The fourth-order valence-electron chi connectivity index (χ4n) is 4.99. The number of amides is 1. The maximum Gasteiger partial charge on any atom is 0.338 e. The Hall–Kier alpha value is -4.18. The molecule has 9 nitrogen and oxygen atoms in total. The number of likely N-dealkylation sites (N-methyl/N-ethyl adjacent to an activating group) is 1. The van der Waals surface area contributed by atoms with E-state index in [1.54, 1.807) is 36.9 Å². The van der Waals surface area contributed by atoms with Gasteiger partial charge in [-0.1, -0.05) is 35.6 Å². The standard InChI is InChI=1S/C28H27N3O6S/c1-6-30-18-11-9-8-10-17(18)22(25(30)32)24-26(33)31-23(16-12-13-19(35-4)20(14-16)36-5)21(27(34)37-7-2)15(3)29-28(31)38-24/h8-14,23H,6-7H2,1-5H3. The molecule has 0 N–H and O–H groups in total. The van der Waals surface area contributed by atoms with Gasteiger partial charge in [0.2, 0.25) is 0 Å². The van der Waals surface area contributed by atoms with Crippen molar-refractivity contribution in [2.75, 3.05) is 32.3 Å². The molecule has 0 fully saturated rings. The van der Waals surface area contributed by atoms with Gasteiger partial charge in [-0.3, -0.25) is 14.2 Å². The number of carbonyl (C=O) groups is 2. The molecule has 2 aromatic carbocycles. The summed E-state index contributed by atoms with van der Waals surface area (Å²) in [5.74, 6) is 0.164. The fourth-order valence-corrected chi connectivity index (χ4v) is 6.13. The molecule has 1 unspecified atom stereocenters. The lowest BCUT2D eigenvalue weighted by atomic mass is 9.95. The zero-order valence-electron chi connectivity index (χ0n) is 21.7. The number of aromatic nitrogens is 1. The first-order chi connectivity index (χ1) is 18.4. The Bertz CT molecular complexity index is 1680. The molecule has 0 aliphatic carbocycles. The summed E-state index contributed by atoms with van der Waals surface area (Å²) in [4.78, 5) is 47.5. The highest BCUT2D eigenvalue weighted by Crippen LogP contribution is 2.37. The number of esters is 1. The van der Waals surface area contributed by atoms with E-state index in [1.165, 1.54) is 18.8 Å². The number of rotatable bonds is 6. The molecule has 196 valence electrons. The minimum atomic E-state index is -0.839. The van der Waals surface area contributed by atoms with Gasteiger partial charge < -0.3 is 19.1 Å².